The number of alkyl carbamates (subject to hydrolysis) is 1. The molecule has 3 aromatic carbocycles. The van der Waals surface area contributed by atoms with Crippen molar-refractivity contribution in [1.82, 2.24) is 10.3 Å². The molecule has 5 rings (SSSR count). The van der Waals surface area contributed by atoms with Crippen molar-refractivity contribution in [2.45, 2.75) is 58.3 Å². The molecule has 0 bridgehead atoms. The molecule has 48 heavy (non-hydrogen) atoms. The van der Waals surface area contributed by atoms with E-state index >= 15 is 0 Å². The number of hydrogen-bond acceptors (Lipinski definition) is 8. The number of methoxy groups -OCH3 is 2. The molecule has 1 unspecified atom stereocenters. The summed E-state index contributed by atoms with van der Waals surface area (Å²) >= 11 is 0. The maximum Gasteiger partial charge on any atom is 0.408 e. The molecule has 0 fully saturated rings. The van der Waals surface area contributed by atoms with E-state index in [-0.39, 0.29) is 18.0 Å². The molecule has 1 aliphatic rings. The van der Waals surface area contributed by atoms with Gasteiger partial charge in [-0.1, -0.05) is 30.3 Å². The molecule has 1 aromatic heterocycles. The molecule has 0 saturated carbocycles. The van der Waals surface area contributed by atoms with Crippen molar-refractivity contribution in [2.24, 2.45) is 0 Å². The number of carbonyl (C=O) groups is 3. The minimum atomic E-state index is -1.09. The van der Waals surface area contributed by atoms with Crippen LogP contribution in [0.25, 0.3) is 23.1 Å². The number of fused-ring (bicyclic) bond motifs is 2. The monoisotopic (exact) mass is 652 g/mol. The van der Waals surface area contributed by atoms with Gasteiger partial charge in [-0.15, -0.1) is 0 Å². The Morgan fingerprint density at radius 1 is 0.979 bits per heavy atom. The third kappa shape index (κ3) is 7.88. The van der Waals surface area contributed by atoms with Crippen LogP contribution in [-0.2, 0) is 16.0 Å². The van der Waals surface area contributed by atoms with Gasteiger partial charge in [0.25, 0.3) is 0 Å². The number of para-hydroxylation sites is 1. The van der Waals surface area contributed by atoms with E-state index in [0.717, 1.165) is 16.5 Å². The molecule has 0 spiro atoms. The van der Waals surface area contributed by atoms with E-state index in [4.69, 9.17) is 23.7 Å². The molecule has 250 valence electrons. The summed E-state index contributed by atoms with van der Waals surface area (Å²) in [6.45, 7) is 9.03. The van der Waals surface area contributed by atoms with Crippen molar-refractivity contribution < 1.29 is 38.1 Å². The second-order valence-electron chi connectivity index (χ2n) is 12.9. The van der Waals surface area contributed by atoms with Crippen molar-refractivity contribution in [2.75, 3.05) is 14.2 Å². The summed E-state index contributed by atoms with van der Waals surface area (Å²) in [6, 6.07) is 14.9. The first kappa shape index (κ1) is 33.8. The molecule has 2 N–H and O–H groups in total. The number of aromatic amines is 1. The van der Waals surface area contributed by atoms with Crippen LogP contribution in [0.2, 0.25) is 0 Å². The lowest BCUT2D eigenvalue weighted by atomic mass is 9.97. The number of esters is 1. The molecule has 0 radical (unpaired) electrons. The third-order valence-corrected chi connectivity index (χ3v) is 7.56. The predicted molar refractivity (Wildman–Crippen MR) is 184 cm³/mol. The van der Waals surface area contributed by atoms with Crippen molar-refractivity contribution in [3.8, 4) is 23.0 Å². The highest BCUT2D eigenvalue weighted by Crippen LogP contribution is 2.40. The molecule has 2 heterocycles. The maximum absolute atomic E-state index is 13.7. The van der Waals surface area contributed by atoms with Gasteiger partial charge in [0.2, 0.25) is 0 Å². The van der Waals surface area contributed by atoms with Crippen molar-refractivity contribution >= 4 is 40.9 Å². The number of H-pyrrole nitrogens is 1. The number of benzene rings is 3. The Hall–Kier alpha value is -5.51. The molecule has 4 aromatic rings. The molecular weight excluding hydrogens is 612 g/mol. The summed E-state index contributed by atoms with van der Waals surface area (Å²) in [4.78, 5) is 43.1. The van der Waals surface area contributed by atoms with Crippen LogP contribution in [0.3, 0.4) is 0 Å². The minimum Gasteiger partial charge on any atom is -0.496 e. The van der Waals surface area contributed by atoms with E-state index in [9.17, 15) is 14.4 Å². The Morgan fingerprint density at radius 2 is 1.71 bits per heavy atom. The normalized spacial score (nSPS) is 14.1. The van der Waals surface area contributed by atoms with Crippen LogP contribution >= 0.6 is 0 Å². The SMILES string of the molecule is COc1ccc(/C=C/C(=O)c2ccc(OC)c3c2OC(C)(C)C=C3)cc1OC(=O)C(Cc1c[nH]c2ccccc12)NC(=O)OC(C)(C)C. The molecule has 10 heteroatoms. The Labute approximate surface area is 279 Å². The molecule has 0 aliphatic carbocycles. The average Bonchev–Trinajstić information content (AvgIpc) is 3.44. The summed E-state index contributed by atoms with van der Waals surface area (Å²) in [5, 5.41) is 3.59. The van der Waals surface area contributed by atoms with Crippen LogP contribution in [0.15, 0.2) is 72.9 Å². The smallest absolute Gasteiger partial charge is 0.408 e. The number of ether oxygens (including phenoxy) is 5. The Bertz CT molecular complexity index is 1910. The zero-order valence-electron chi connectivity index (χ0n) is 28.1. The van der Waals surface area contributed by atoms with E-state index in [1.54, 1.807) is 70.5 Å². The molecule has 10 nitrogen and oxygen atoms in total. The summed E-state index contributed by atoms with van der Waals surface area (Å²) in [6.07, 6.45) is 8.03. The number of allylic oxidation sites excluding steroid dienone is 1. The van der Waals surface area contributed by atoms with E-state index in [1.165, 1.54) is 13.2 Å². The summed E-state index contributed by atoms with van der Waals surface area (Å²) in [5.74, 6) is 0.447. The number of amides is 1. The number of hydrogen-bond donors (Lipinski definition) is 2. The highest BCUT2D eigenvalue weighted by molar-refractivity contribution is 6.09. The van der Waals surface area contributed by atoms with Crippen LogP contribution in [0, 0.1) is 0 Å². The molecule has 0 saturated heterocycles. The molecule has 1 atom stereocenters. The molecule has 1 aliphatic heterocycles. The van der Waals surface area contributed by atoms with Gasteiger partial charge >= 0.3 is 12.1 Å². The zero-order valence-corrected chi connectivity index (χ0v) is 28.1. The van der Waals surface area contributed by atoms with Gasteiger partial charge in [-0.3, -0.25) is 4.79 Å². The largest absolute Gasteiger partial charge is 0.496 e. The standard InChI is InChI=1S/C38H40N2O8/c1-37(2,3)48-36(43)40-29(21-24-22-39-28-11-9-8-10-25(24)28)35(42)46-33-20-23(13-16-32(33)45-7)12-15-30(41)26-14-17-31(44-6)27-18-19-38(4,5)47-34(26)27/h8-20,22,29,39H,21H2,1-7H3,(H,40,43)/b15-12+. The van der Waals surface area contributed by atoms with Gasteiger partial charge in [0.15, 0.2) is 17.3 Å². The topological polar surface area (TPSA) is 125 Å². The third-order valence-electron chi connectivity index (χ3n) is 7.56. The summed E-state index contributed by atoms with van der Waals surface area (Å²) in [5.41, 5.74) is 1.99. The number of ketones is 1. The number of carbonyl (C=O) groups excluding carboxylic acids is 3. The Kier molecular flexibility index (Phi) is 9.65. The minimum absolute atomic E-state index is 0.115. The van der Waals surface area contributed by atoms with Crippen molar-refractivity contribution in [3.63, 3.8) is 0 Å². The molecular formula is C38H40N2O8. The van der Waals surface area contributed by atoms with Crippen molar-refractivity contribution in [1.29, 1.82) is 0 Å². The Balaban J connectivity index is 1.39. The van der Waals surface area contributed by atoms with Crippen LogP contribution in [0.5, 0.6) is 23.0 Å². The number of rotatable bonds is 10. The van der Waals surface area contributed by atoms with Crippen LogP contribution in [0.1, 0.15) is 61.7 Å². The highest BCUT2D eigenvalue weighted by atomic mass is 16.6. The first-order valence-corrected chi connectivity index (χ1v) is 15.5. The lowest BCUT2D eigenvalue weighted by Crippen LogP contribution is -2.46. The summed E-state index contributed by atoms with van der Waals surface area (Å²) < 4.78 is 28.4. The van der Waals surface area contributed by atoms with E-state index in [2.05, 4.69) is 10.3 Å². The van der Waals surface area contributed by atoms with Crippen LogP contribution < -0.4 is 24.3 Å². The van der Waals surface area contributed by atoms with Crippen LogP contribution in [0.4, 0.5) is 4.79 Å². The second-order valence-corrected chi connectivity index (χ2v) is 12.9. The first-order valence-electron chi connectivity index (χ1n) is 15.5. The van der Waals surface area contributed by atoms with Gasteiger partial charge in [0.05, 0.1) is 25.3 Å². The molecule has 1 amide bonds. The highest BCUT2D eigenvalue weighted by Gasteiger charge is 2.29. The fraction of sp³-hybridized carbons (Fsp3) is 0.289. The van der Waals surface area contributed by atoms with Gasteiger partial charge in [0, 0.05) is 23.5 Å². The Morgan fingerprint density at radius 3 is 2.44 bits per heavy atom. The number of aromatic nitrogens is 1. The zero-order chi connectivity index (χ0) is 34.6. The van der Waals surface area contributed by atoms with E-state index in [0.29, 0.717) is 33.9 Å². The lowest BCUT2D eigenvalue weighted by molar-refractivity contribution is -0.136. The quantitative estimate of drug-likeness (QED) is 0.0791. The van der Waals surface area contributed by atoms with Gasteiger partial charge in [0.1, 0.15) is 28.7 Å². The fourth-order valence-corrected chi connectivity index (χ4v) is 5.28. The van der Waals surface area contributed by atoms with Gasteiger partial charge in [-0.05, 0) is 94.3 Å². The second kappa shape index (κ2) is 13.7. The number of nitrogens with one attached hydrogen (secondary N) is 2. The lowest BCUT2D eigenvalue weighted by Gasteiger charge is -2.29. The van der Waals surface area contributed by atoms with Crippen molar-refractivity contribution in [3.05, 3.63) is 95.2 Å². The average molecular weight is 653 g/mol. The first-order chi connectivity index (χ1) is 22.8. The maximum atomic E-state index is 13.7. The van der Waals surface area contributed by atoms with E-state index < -0.39 is 29.3 Å². The van der Waals surface area contributed by atoms with E-state index in [1.807, 2.05) is 50.3 Å². The predicted octanol–water partition coefficient (Wildman–Crippen LogP) is 7.31. The van der Waals surface area contributed by atoms with Gasteiger partial charge in [-0.25, -0.2) is 9.59 Å². The fourth-order valence-electron chi connectivity index (χ4n) is 5.28. The summed E-state index contributed by atoms with van der Waals surface area (Å²) in [7, 11) is 3.02. The van der Waals surface area contributed by atoms with Gasteiger partial charge < -0.3 is 34.0 Å². The van der Waals surface area contributed by atoms with Crippen LogP contribution in [-0.4, -0.2) is 54.3 Å². The van der Waals surface area contributed by atoms with Gasteiger partial charge in [-0.2, -0.15) is 0 Å².